The highest BCUT2D eigenvalue weighted by Crippen LogP contribution is 2.43. The van der Waals surface area contributed by atoms with Crippen LogP contribution >= 0.6 is 11.3 Å². The third-order valence-corrected chi connectivity index (χ3v) is 6.37. The van der Waals surface area contributed by atoms with Crippen molar-refractivity contribution in [2.75, 3.05) is 0 Å². The number of hydrogen-bond acceptors (Lipinski definition) is 3. The molecule has 0 bridgehead atoms. The van der Waals surface area contributed by atoms with Gasteiger partial charge in [0.1, 0.15) is 5.01 Å². The molecule has 1 aliphatic carbocycles. The van der Waals surface area contributed by atoms with Crippen LogP contribution in [-0.2, 0) is 12.8 Å². The van der Waals surface area contributed by atoms with E-state index in [0.717, 1.165) is 17.3 Å². The van der Waals surface area contributed by atoms with Crippen LogP contribution in [0.1, 0.15) is 76.0 Å². The quantitative estimate of drug-likeness (QED) is 0.875. The van der Waals surface area contributed by atoms with Crippen molar-refractivity contribution < 1.29 is 0 Å². The van der Waals surface area contributed by atoms with Gasteiger partial charge in [0, 0.05) is 4.88 Å². The molecular formula is C17H30N2S. The Hall–Kier alpha value is -0.410. The van der Waals surface area contributed by atoms with Crippen molar-refractivity contribution in [3.63, 3.8) is 0 Å². The van der Waals surface area contributed by atoms with Crippen LogP contribution in [0, 0.1) is 16.7 Å². The second-order valence-electron chi connectivity index (χ2n) is 8.05. The largest absolute Gasteiger partial charge is 0.322 e. The van der Waals surface area contributed by atoms with Crippen LogP contribution in [-0.4, -0.2) is 4.98 Å². The van der Waals surface area contributed by atoms with Crippen LogP contribution in [0.4, 0.5) is 0 Å². The Morgan fingerprint density at radius 3 is 2.50 bits per heavy atom. The maximum absolute atomic E-state index is 6.38. The minimum atomic E-state index is 0.0516. The van der Waals surface area contributed by atoms with Crippen molar-refractivity contribution in [2.45, 2.75) is 73.3 Å². The lowest BCUT2D eigenvalue weighted by atomic mass is 9.70. The molecule has 2 unspecified atom stereocenters. The van der Waals surface area contributed by atoms with Crippen molar-refractivity contribution in [1.82, 2.24) is 4.98 Å². The zero-order chi connectivity index (χ0) is 15.1. The fraction of sp³-hybridized carbons (Fsp3) is 0.824. The molecule has 2 nitrogen and oxygen atoms in total. The number of hydrogen-bond donors (Lipinski definition) is 1. The molecule has 20 heavy (non-hydrogen) atoms. The molecule has 0 fully saturated rings. The molecular weight excluding hydrogens is 264 g/mol. The minimum Gasteiger partial charge on any atom is -0.322 e. The first kappa shape index (κ1) is 16.0. The van der Waals surface area contributed by atoms with Crippen LogP contribution < -0.4 is 5.73 Å². The Morgan fingerprint density at radius 1 is 1.30 bits per heavy atom. The highest BCUT2D eigenvalue weighted by atomic mass is 32.1. The zero-order valence-electron chi connectivity index (χ0n) is 13.9. The van der Waals surface area contributed by atoms with Gasteiger partial charge in [0.2, 0.25) is 0 Å². The first-order valence-corrected chi connectivity index (χ1v) is 8.71. The fourth-order valence-corrected chi connectivity index (χ4v) is 4.29. The second kappa shape index (κ2) is 5.42. The van der Waals surface area contributed by atoms with Crippen molar-refractivity contribution in [1.29, 1.82) is 0 Å². The summed E-state index contributed by atoms with van der Waals surface area (Å²) in [4.78, 5) is 6.35. The average Bonchev–Trinajstić information content (AvgIpc) is 2.79. The predicted molar refractivity (Wildman–Crippen MR) is 88.1 cm³/mol. The molecule has 2 rings (SSSR count). The van der Waals surface area contributed by atoms with Gasteiger partial charge in [-0.1, -0.05) is 48.0 Å². The van der Waals surface area contributed by atoms with Crippen LogP contribution in [0.5, 0.6) is 0 Å². The molecule has 0 saturated carbocycles. The Kier molecular flexibility index (Phi) is 4.32. The third-order valence-electron chi connectivity index (χ3n) is 5.17. The van der Waals surface area contributed by atoms with Gasteiger partial charge in [-0.15, -0.1) is 11.3 Å². The fourth-order valence-electron chi connectivity index (χ4n) is 2.85. The predicted octanol–water partition coefficient (Wildman–Crippen LogP) is 4.73. The number of nitrogens with zero attached hydrogens (tertiary/aromatic N) is 1. The molecule has 2 atom stereocenters. The molecule has 0 aliphatic heterocycles. The summed E-state index contributed by atoms with van der Waals surface area (Å²) in [5, 5.41) is 1.14. The summed E-state index contributed by atoms with van der Waals surface area (Å²) in [5.41, 5.74) is 8.23. The summed E-state index contributed by atoms with van der Waals surface area (Å²) >= 11 is 1.86. The topological polar surface area (TPSA) is 38.9 Å². The van der Waals surface area contributed by atoms with E-state index in [0.29, 0.717) is 5.41 Å². The van der Waals surface area contributed by atoms with E-state index in [1.165, 1.54) is 29.8 Å². The minimum absolute atomic E-state index is 0.0516. The molecule has 1 heterocycles. The summed E-state index contributed by atoms with van der Waals surface area (Å²) in [6, 6.07) is 0.0516. The second-order valence-corrected chi connectivity index (χ2v) is 9.16. The van der Waals surface area contributed by atoms with Gasteiger partial charge in [-0.05, 0) is 36.0 Å². The van der Waals surface area contributed by atoms with Crippen LogP contribution in [0.2, 0.25) is 0 Å². The molecule has 1 aliphatic rings. The van der Waals surface area contributed by atoms with Gasteiger partial charge in [0.15, 0.2) is 0 Å². The molecule has 2 N–H and O–H groups in total. The standard InChI is InChI=1S/C17H30N2S/c1-7-17(5,6)11-8-9-12-13(10-11)20-15(19-12)14(18)16(2,3)4/h11,14H,7-10,18H2,1-6H3. The summed E-state index contributed by atoms with van der Waals surface area (Å²) in [6.45, 7) is 13.7. The first-order valence-electron chi connectivity index (χ1n) is 7.89. The van der Waals surface area contributed by atoms with Crippen molar-refractivity contribution in [3.8, 4) is 0 Å². The molecule has 1 aromatic rings. The highest BCUT2D eigenvalue weighted by molar-refractivity contribution is 7.11. The summed E-state index contributed by atoms with van der Waals surface area (Å²) in [5.74, 6) is 0.791. The molecule has 0 amide bonds. The maximum Gasteiger partial charge on any atom is 0.110 e. The average molecular weight is 295 g/mol. The molecule has 0 spiro atoms. The number of nitrogens with two attached hydrogens (primary N) is 1. The van der Waals surface area contributed by atoms with Crippen molar-refractivity contribution >= 4 is 11.3 Å². The van der Waals surface area contributed by atoms with Gasteiger partial charge in [0.05, 0.1) is 11.7 Å². The Bertz CT molecular complexity index is 468. The first-order chi connectivity index (χ1) is 9.15. The summed E-state index contributed by atoms with van der Waals surface area (Å²) in [7, 11) is 0. The van der Waals surface area contributed by atoms with Crippen LogP contribution in [0.3, 0.4) is 0 Å². The van der Waals surface area contributed by atoms with Gasteiger partial charge in [0.25, 0.3) is 0 Å². The van der Waals surface area contributed by atoms with Gasteiger partial charge in [-0.25, -0.2) is 4.98 Å². The highest BCUT2D eigenvalue weighted by Gasteiger charge is 2.34. The number of fused-ring (bicyclic) bond motifs is 1. The van der Waals surface area contributed by atoms with Crippen molar-refractivity contribution in [2.24, 2.45) is 22.5 Å². The lowest BCUT2D eigenvalue weighted by Gasteiger charge is -2.35. The molecule has 0 radical (unpaired) electrons. The van der Waals surface area contributed by atoms with Gasteiger partial charge >= 0.3 is 0 Å². The lowest BCUT2D eigenvalue weighted by Crippen LogP contribution is -2.28. The number of thiazole rings is 1. The Balaban J connectivity index is 2.20. The number of aromatic nitrogens is 1. The molecule has 1 aromatic heterocycles. The van der Waals surface area contributed by atoms with E-state index in [2.05, 4.69) is 41.5 Å². The SMILES string of the molecule is CCC(C)(C)C1CCc2nc(C(N)C(C)(C)C)sc2C1. The smallest absolute Gasteiger partial charge is 0.110 e. The maximum atomic E-state index is 6.38. The van der Waals surface area contributed by atoms with Gasteiger partial charge < -0.3 is 5.73 Å². The molecule has 114 valence electrons. The van der Waals surface area contributed by atoms with E-state index in [4.69, 9.17) is 10.7 Å². The van der Waals surface area contributed by atoms with E-state index >= 15 is 0 Å². The Labute approximate surface area is 128 Å². The lowest BCUT2D eigenvalue weighted by molar-refractivity contribution is 0.183. The molecule has 0 saturated heterocycles. The van der Waals surface area contributed by atoms with E-state index in [1.807, 2.05) is 11.3 Å². The monoisotopic (exact) mass is 294 g/mol. The van der Waals surface area contributed by atoms with E-state index in [1.54, 1.807) is 0 Å². The van der Waals surface area contributed by atoms with Gasteiger partial charge in [-0.3, -0.25) is 0 Å². The van der Waals surface area contributed by atoms with Crippen LogP contribution in [0.15, 0.2) is 0 Å². The Morgan fingerprint density at radius 2 is 1.95 bits per heavy atom. The van der Waals surface area contributed by atoms with E-state index < -0.39 is 0 Å². The molecule has 0 aromatic carbocycles. The zero-order valence-corrected chi connectivity index (χ0v) is 14.7. The third kappa shape index (κ3) is 3.09. The van der Waals surface area contributed by atoms with Crippen molar-refractivity contribution in [3.05, 3.63) is 15.6 Å². The van der Waals surface area contributed by atoms with E-state index in [9.17, 15) is 0 Å². The number of rotatable bonds is 3. The summed E-state index contributed by atoms with van der Waals surface area (Å²) < 4.78 is 0. The van der Waals surface area contributed by atoms with E-state index in [-0.39, 0.29) is 11.5 Å². The normalized spacial score (nSPS) is 21.6. The number of aryl methyl sites for hydroxylation is 1. The van der Waals surface area contributed by atoms with Gasteiger partial charge in [-0.2, -0.15) is 0 Å². The van der Waals surface area contributed by atoms with Crippen LogP contribution in [0.25, 0.3) is 0 Å². The molecule has 3 heteroatoms. The summed E-state index contributed by atoms with van der Waals surface area (Å²) in [6.07, 6.45) is 4.86.